The van der Waals surface area contributed by atoms with Crippen LogP contribution < -0.4 is 5.73 Å². The lowest BCUT2D eigenvalue weighted by atomic mass is 9.77. The molecule has 1 fully saturated rings. The number of aryl methyl sites for hydroxylation is 1. The van der Waals surface area contributed by atoms with E-state index in [-0.39, 0.29) is 12.4 Å². The molecule has 1 aromatic carbocycles. The number of hydrogen-bond donors (Lipinski definition) is 1. The number of rotatable bonds is 3. The Labute approximate surface area is 138 Å². The lowest BCUT2D eigenvalue weighted by Crippen LogP contribution is -2.44. The molecule has 1 aliphatic rings. The molecule has 0 radical (unpaired) electrons. The van der Waals surface area contributed by atoms with Crippen LogP contribution in [0.1, 0.15) is 30.9 Å². The number of aromatic nitrogens is 4. The third kappa shape index (κ3) is 2.62. The van der Waals surface area contributed by atoms with Crippen LogP contribution in [0.25, 0.3) is 22.9 Å². The van der Waals surface area contributed by atoms with Gasteiger partial charge < -0.3 is 14.8 Å². The molecule has 1 aliphatic carbocycles. The van der Waals surface area contributed by atoms with Crippen LogP contribution in [0.15, 0.2) is 33.3 Å². The predicted molar refractivity (Wildman–Crippen MR) is 84.7 cm³/mol. The van der Waals surface area contributed by atoms with Crippen molar-refractivity contribution in [3.05, 3.63) is 35.9 Å². The van der Waals surface area contributed by atoms with Gasteiger partial charge in [-0.05, 0) is 38.3 Å². The van der Waals surface area contributed by atoms with Crippen LogP contribution in [-0.2, 0) is 5.54 Å². The predicted octanol–water partition coefficient (Wildman–Crippen LogP) is 2.85. The van der Waals surface area contributed by atoms with Crippen molar-refractivity contribution in [1.82, 2.24) is 20.3 Å². The van der Waals surface area contributed by atoms with Crippen LogP contribution in [-0.4, -0.2) is 20.3 Å². The molecule has 3 aromatic rings. The van der Waals surface area contributed by atoms with Crippen molar-refractivity contribution in [2.75, 3.05) is 0 Å². The Morgan fingerprint density at radius 3 is 2.13 bits per heavy atom. The Balaban J connectivity index is 0.00000156. The molecular weight excluding hydrogens is 318 g/mol. The monoisotopic (exact) mass is 333 g/mol. The van der Waals surface area contributed by atoms with E-state index >= 15 is 0 Å². The fourth-order valence-electron chi connectivity index (χ4n) is 2.58. The van der Waals surface area contributed by atoms with Crippen LogP contribution >= 0.6 is 12.4 Å². The van der Waals surface area contributed by atoms with Gasteiger partial charge in [-0.3, -0.25) is 0 Å². The van der Waals surface area contributed by atoms with E-state index in [2.05, 4.69) is 20.3 Å². The van der Waals surface area contributed by atoms with Crippen LogP contribution in [0, 0.1) is 6.92 Å². The molecule has 2 heterocycles. The fourth-order valence-corrected chi connectivity index (χ4v) is 2.58. The molecule has 0 saturated heterocycles. The number of halogens is 1. The highest BCUT2D eigenvalue weighted by Crippen LogP contribution is 2.38. The van der Waals surface area contributed by atoms with Gasteiger partial charge in [-0.2, -0.15) is 9.97 Å². The highest BCUT2D eigenvalue weighted by molar-refractivity contribution is 5.85. The van der Waals surface area contributed by atoms with Crippen molar-refractivity contribution < 1.29 is 9.05 Å². The molecule has 8 heteroatoms. The van der Waals surface area contributed by atoms with Gasteiger partial charge in [-0.1, -0.05) is 22.4 Å². The largest absolute Gasteiger partial charge is 0.334 e. The lowest BCUT2D eigenvalue weighted by Gasteiger charge is -2.34. The standard InChI is InChI=1S/C15H15N5O2.ClH/c1-9-17-12(21-19-9)10-5-2-3-6-11(10)13-18-14(20-22-13)15(16)7-4-8-15;/h2-3,5-6H,4,7-8,16H2,1H3;1H. The minimum atomic E-state index is -0.447. The SMILES string of the molecule is Cc1noc(-c2ccccc2-c2nc(C3(N)CCC3)no2)n1.Cl. The summed E-state index contributed by atoms with van der Waals surface area (Å²) in [7, 11) is 0. The minimum Gasteiger partial charge on any atom is -0.334 e. The van der Waals surface area contributed by atoms with E-state index in [1.54, 1.807) is 6.92 Å². The summed E-state index contributed by atoms with van der Waals surface area (Å²) < 4.78 is 10.7. The average molecular weight is 334 g/mol. The molecule has 7 nitrogen and oxygen atoms in total. The van der Waals surface area contributed by atoms with Gasteiger partial charge >= 0.3 is 0 Å². The summed E-state index contributed by atoms with van der Waals surface area (Å²) in [5.41, 5.74) is 7.31. The fraction of sp³-hybridized carbons (Fsp3) is 0.333. The molecule has 120 valence electrons. The second kappa shape index (κ2) is 5.75. The van der Waals surface area contributed by atoms with Crippen LogP contribution in [0.3, 0.4) is 0 Å². The molecule has 2 N–H and O–H groups in total. The number of nitrogens with zero attached hydrogens (tertiary/aromatic N) is 4. The van der Waals surface area contributed by atoms with Gasteiger partial charge in [0.15, 0.2) is 11.6 Å². The maximum atomic E-state index is 6.24. The highest BCUT2D eigenvalue weighted by atomic mass is 35.5. The lowest BCUT2D eigenvalue weighted by molar-refractivity contribution is 0.229. The second-order valence-electron chi connectivity index (χ2n) is 5.63. The van der Waals surface area contributed by atoms with Crippen LogP contribution in [0.4, 0.5) is 0 Å². The van der Waals surface area contributed by atoms with Gasteiger partial charge in [-0.15, -0.1) is 12.4 Å². The number of benzene rings is 1. The van der Waals surface area contributed by atoms with Crippen molar-refractivity contribution in [3.8, 4) is 22.9 Å². The van der Waals surface area contributed by atoms with Crippen molar-refractivity contribution in [2.45, 2.75) is 31.7 Å². The molecule has 1 saturated carbocycles. The molecule has 0 unspecified atom stereocenters. The van der Waals surface area contributed by atoms with Gasteiger partial charge in [0.2, 0.25) is 0 Å². The van der Waals surface area contributed by atoms with Gasteiger partial charge in [0.1, 0.15) is 0 Å². The molecule has 2 aromatic heterocycles. The first-order valence-electron chi connectivity index (χ1n) is 7.19. The van der Waals surface area contributed by atoms with E-state index in [9.17, 15) is 0 Å². The Morgan fingerprint density at radius 2 is 1.61 bits per heavy atom. The van der Waals surface area contributed by atoms with E-state index in [0.29, 0.717) is 23.4 Å². The van der Waals surface area contributed by atoms with Crippen LogP contribution in [0.5, 0.6) is 0 Å². The molecule has 0 aliphatic heterocycles. The van der Waals surface area contributed by atoms with Gasteiger partial charge in [0, 0.05) is 0 Å². The zero-order valence-electron chi connectivity index (χ0n) is 12.5. The molecule has 0 bridgehead atoms. The second-order valence-corrected chi connectivity index (χ2v) is 5.63. The Morgan fingerprint density at radius 1 is 1.00 bits per heavy atom. The maximum absolute atomic E-state index is 6.24. The molecule has 0 spiro atoms. The zero-order chi connectivity index (χ0) is 15.2. The zero-order valence-corrected chi connectivity index (χ0v) is 13.3. The first-order chi connectivity index (χ1) is 10.7. The Hall–Kier alpha value is -2.25. The third-order valence-corrected chi connectivity index (χ3v) is 4.03. The normalized spacial score (nSPS) is 15.7. The minimum absolute atomic E-state index is 0. The van der Waals surface area contributed by atoms with E-state index < -0.39 is 5.54 Å². The summed E-state index contributed by atoms with van der Waals surface area (Å²) in [6, 6.07) is 7.56. The number of hydrogen-bond acceptors (Lipinski definition) is 7. The van der Waals surface area contributed by atoms with E-state index in [0.717, 1.165) is 30.4 Å². The van der Waals surface area contributed by atoms with E-state index in [1.165, 1.54) is 0 Å². The highest BCUT2D eigenvalue weighted by Gasteiger charge is 2.39. The van der Waals surface area contributed by atoms with Crippen molar-refractivity contribution in [3.63, 3.8) is 0 Å². The third-order valence-electron chi connectivity index (χ3n) is 4.03. The summed E-state index contributed by atoms with van der Waals surface area (Å²) in [6.45, 7) is 1.77. The maximum Gasteiger partial charge on any atom is 0.258 e. The first-order valence-corrected chi connectivity index (χ1v) is 7.19. The summed E-state index contributed by atoms with van der Waals surface area (Å²) in [5.74, 6) is 1.98. The van der Waals surface area contributed by atoms with Gasteiger partial charge in [-0.25, -0.2) is 0 Å². The summed E-state index contributed by atoms with van der Waals surface area (Å²) in [5, 5.41) is 7.87. The average Bonchev–Trinajstić information content (AvgIpc) is 3.14. The van der Waals surface area contributed by atoms with Crippen molar-refractivity contribution in [2.24, 2.45) is 5.73 Å². The topological polar surface area (TPSA) is 104 Å². The van der Waals surface area contributed by atoms with Gasteiger partial charge in [0.05, 0.1) is 16.7 Å². The summed E-state index contributed by atoms with van der Waals surface area (Å²) in [4.78, 5) is 8.73. The molecule has 4 rings (SSSR count). The van der Waals surface area contributed by atoms with Gasteiger partial charge in [0.25, 0.3) is 11.8 Å². The Kier molecular flexibility index (Phi) is 3.91. The van der Waals surface area contributed by atoms with Crippen molar-refractivity contribution >= 4 is 12.4 Å². The Bertz CT molecular complexity index is 825. The smallest absolute Gasteiger partial charge is 0.258 e. The molecule has 23 heavy (non-hydrogen) atoms. The number of nitrogens with two attached hydrogens (primary N) is 1. The first kappa shape index (κ1) is 15.6. The van der Waals surface area contributed by atoms with Crippen molar-refractivity contribution in [1.29, 1.82) is 0 Å². The van der Waals surface area contributed by atoms with E-state index in [4.69, 9.17) is 14.8 Å². The van der Waals surface area contributed by atoms with E-state index in [1.807, 2.05) is 24.3 Å². The summed E-state index contributed by atoms with van der Waals surface area (Å²) in [6.07, 6.45) is 2.87. The quantitative estimate of drug-likeness (QED) is 0.785. The molecule has 0 atom stereocenters. The molecule has 0 amide bonds. The van der Waals surface area contributed by atoms with Crippen LogP contribution in [0.2, 0.25) is 0 Å². The molecular formula is C15H16ClN5O2. The summed E-state index contributed by atoms with van der Waals surface area (Å²) >= 11 is 0.